The summed E-state index contributed by atoms with van der Waals surface area (Å²) in [6.45, 7) is 1.35. The summed E-state index contributed by atoms with van der Waals surface area (Å²) in [7, 11) is 1.60. The van der Waals surface area contributed by atoms with E-state index in [0.717, 1.165) is 35.7 Å². The first-order valence-corrected chi connectivity index (χ1v) is 10.2. The molecule has 2 heterocycles. The van der Waals surface area contributed by atoms with E-state index in [4.69, 9.17) is 9.15 Å². The minimum absolute atomic E-state index is 0.197. The molecule has 3 aromatic rings. The van der Waals surface area contributed by atoms with Gasteiger partial charge in [0, 0.05) is 25.3 Å². The van der Waals surface area contributed by atoms with Gasteiger partial charge in [0.25, 0.3) is 0 Å². The Balaban J connectivity index is 1.37. The number of benzene rings is 2. The normalized spacial score (nSPS) is 13.4. The molecule has 0 saturated heterocycles. The molecule has 1 aromatic heterocycles. The van der Waals surface area contributed by atoms with Gasteiger partial charge in [0.15, 0.2) is 0 Å². The second-order valence-electron chi connectivity index (χ2n) is 7.34. The van der Waals surface area contributed by atoms with E-state index in [0.29, 0.717) is 0 Å². The highest BCUT2D eigenvalue weighted by atomic mass is 16.5. The van der Waals surface area contributed by atoms with Gasteiger partial charge in [-0.05, 0) is 47.9 Å². The Bertz CT molecular complexity index is 1030. The van der Waals surface area contributed by atoms with Crippen LogP contribution in [0.15, 0.2) is 71.3 Å². The number of hydrogen-bond donors (Lipinski definition) is 2. The maximum Gasteiger partial charge on any atom is 0.309 e. The van der Waals surface area contributed by atoms with Gasteiger partial charge in [0.2, 0.25) is 0 Å². The Hall–Kier alpha value is -3.74. The SMILES string of the molecule is COc1ccc(CNC(=O)C(=O)NC[C@H](c2ccco2)N2CCc3ccccc32)cc1. The lowest BCUT2D eigenvalue weighted by atomic mass is 10.1. The van der Waals surface area contributed by atoms with E-state index in [2.05, 4.69) is 27.7 Å². The lowest BCUT2D eigenvalue weighted by molar-refractivity contribution is -0.139. The Morgan fingerprint density at radius 2 is 1.81 bits per heavy atom. The van der Waals surface area contributed by atoms with Crippen LogP contribution in [0, 0.1) is 0 Å². The molecule has 4 rings (SSSR count). The van der Waals surface area contributed by atoms with Crippen molar-refractivity contribution in [1.29, 1.82) is 0 Å². The van der Waals surface area contributed by atoms with E-state index in [1.54, 1.807) is 13.4 Å². The van der Waals surface area contributed by atoms with E-state index in [9.17, 15) is 9.59 Å². The fourth-order valence-corrected chi connectivity index (χ4v) is 3.81. The van der Waals surface area contributed by atoms with Crippen LogP contribution in [0.1, 0.15) is 22.9 Å². The van der Waals surface area contributed by atoms with Gasteiger partial charge in [-0.1, -0.05) is 30.3 Å². The first kappa shape index (κ1) is 20.5. The van der Waals surface area contributed by atoms with Crippen molar-refractivity contribution in [2.45, 2.75) is 19.0 Å². The summed E-state index contributed by atoms with van der Waals surface area (Å²) in [5, 5.41) is 5.41. The average molecular weight is 419 g/mol. The number of ether oxygens (including phenoxy) is 1. The maximum absolute atomic E-state index is 12.4. The zero-order valence-electron chi connectivity index (χ0n) is 17.3. The third-order valence-corrected chi connectivity index (χ3v) is 5.45. The number of anilines is 1. The van der Waals surface area contributed by atoms with Crippen LogP contribution in [0.3, 0.4) is 0 Å². The molecule has 31 heavy (non-hydrogen) atoms. The van der Waals surface area contributed by atoms with Gasteiger partial charge in [0.05, 0.1) is 13.4 Å². The highest BCUT2D eigenvalue weighted by Gasteiger charge is 2.29. The second kappa shape index (κ2) is 9.38. The zero-order valence-corrected chi connectivity index (χ0v) is 17.3. The Labute approximate surface area is 181 Å². The van der Waals surface area contributed by atoms with Gasteiger partial charge >= 0.3 is 11.8 Å². The Kier molecular flexibility index (Phi) is 6.21. The Morgan fingerprint density at radius 1 is 1.03 bits per heavy atom. The molecule has 0 saturated carbocycles. The molecule has 0 unspecified atom stereocenters. The summed E-state index contributed by atoms with van der Waals surface area (Å²) in [6.07, 6.45) is 2.55. The lowest BCUT2D eigenvalue weighted by Crippen LogP contribution is -2.43. The van der Waals surface area contributed by atoms with Crippen LogP contribution < -0.4 is 20.3 Å². The standard InChI is InChI=1S/C24H25N3O4/c1-30-19-10-8-17(9-11-19)15-25-23(28)24(29)26-16-21(22-7-4-14-31-22)27-13-12-18-5-2-3-6-20(18)27/h2-11,14,21H,12-13,15-16H2,1H3,(H,25,28)(H,26,29)/t21-/m1/s1. The molecule has 2 N–H and O–H groups in total. The summed E-state index contributed by atoms with van der Waals surface area (Å²) < 4.78 is 10.8. The summed E-state index contributed by atoms with van der Waals surface area (Å²) in [4.78, 5) is 26.9. The van der Waals surface area contributed by atoms with Crippen molar-refractivity contribution in [3.8, 4) is 5.75 Å². The monoisotopic (exact) mass is 419 g/mol. The van der Waals surface area contributed by atoms with Crippen LogP contribution in [0.2, 0.25) is 0 Å². The average Bonchev–Trinajstić information content (AvgIpc) is 3.49. The van der Waals surface area contributed by atoms with Crippen LogP contribution in [-0.2, 0) is 22.6 Å². The molecule has 1 aliphatic heterocycles. The topological polar surface area (TPSA) is 83.8 Å². The third kappa shape index (κ3) is 4.71. The largest absolute Gasteiger partial charge is 0.497 e. The van der Waals surface area contributed by atoms with Crippen LogP contribution in [0.25, 0.3) is 0 Å². The molecule has 1 aliphatic rings. The molecule has 2 aromatic carbocycles. The summed E-state index contributed by atoms with van der Waals surface area (Å²) in [6, 6.07) is 19.0. The van der Waals surface area contributed by atoms with Gasteiger partial charge < -0.3 is 24.7 Å². The number of fused-ring (bicyclic) bond motifs is 1. The first-order chi connectivity index (χ1) is 15.2. The van der Waals surface area contributed by atoms with E-state index < -0.39 is 11.8 Å². The lowest BCUT2D eigenvalue weighted by Gasteiger charge is -2.29. The van der Waals surface area contributed by atoms with Crippen molar-refractivity contribution >= 4 is 17.5 Å². The number of nitrogens with one attached hydrogen (secondary N) is 2. The summed E-state index contributed by atoms with van der Waals surface area (Å²) in [5.41, 5.74) is 3.27. The smallest absolute Gasteiger partial charge is 0.309 e. The van der Waals surface area contributed by atoms with E-state index >= 15 is 0 Å². The predicted molar refractivity (Wildman–Crippen MR) is 117 cm³/mol. The quantitative estimate of drug-likeness (QED) is 0.576. The second-order valence-corrected chi connectivity index (χ2v) is 7.34. The van der Waals surface area contributed by atoms with Crippen molar-refractivity contribution < 1.29 is 18.7 Å². The number of methoxy groups -OCH3 is 1. The van der Waals surface area contributed by atoms with Crippen molar-refractivity contribution in [2.75, 3.05) is 25.1 Å². The van der Waals surface area contributed by atoms with E-state index in [1.165, 1.54) is 5.56 Å². The number of para-hydroxylation sites is 1. The number of hydrogen-bond acceptors (Lipinski definition) is 5. The van der Waals surface area contributed by atoms with Gasteiger partial charge in [0.1, 0.15) is 17.6 Å². The molecule has 0 aliphatic carbocycles. The highest BCUT2D eigenvalue weighted by molar-refractivity contribution is 6.35. The predicted octanol–water partition coefficient (Wildman–Crippen LogP) is 2.82. The van der Waals surface area contributed by atoms with E-state index in [-0.39, 0.29) is 19.1 Å². The minimum Gasteiger partial charge on any atom is -0.497 e. The molecule has 160 valence electrons. The van der Waals surface area contributed by atoms with Crippen molar-refractivity contribution in [1.82, 2.24) is 10.6 Å². The zero-order chi connectivity index (χ0) is 21.6. The molecule has 1 atom stereocenters. The molecule has 7 heteroatoms. The summed E-state index contributed by atoms with van der Waals surface area (Å²) in [5.74, 6) is 0.143. The van der Waals surface area contributed by atoms with Crippen LogP contribution in [0.5, 0.6) is 5.75 Å². The number of furan rings is 1. The molecule has 0 bridgehead atoms. The fourth-order valence-electron chi connectivity index (χ4n) is 3.81. The van der Waals surface area contributed by atoms with Crippen molar-refractivity contribution in [3.63, 3.8) is 0 Å². The fraction of sp³-hybridized carbons (Fsp3) is 0.250. The third-order valence-electron chi connectivity index (χ3n) is 5.45. The van der Waals surface area contributed by atoms with Gasteiger partial charge in [-0.3, -0.25) is 9.59 Å². The number of amides is 2. The molecule has 2 amide bonds. The molecular weight excluding hydrogens is 394 g/mol. The Morgan fingerprint density at radius 3 is 2.55 bits per heavy atom. The molecule has 0 radical (unpaired) electrons. The molecule has 0 spiro atoms. The van der Waals surface area contributed by atoms with Crippen molar-refractivity contribution in [2.24, 2.45) is 0 Å². The number of rotatable bonds is 7. The van der Waals surface area contributed by atoms with Crippen LogP contribution >= 0.6 is 0 Å². The van der Waals surface area contributed by atoms with E-state index in [1.807, 2.05) is 48.5 Å². The van der Waals surface area contributed by atoms with Gasteiger partial charge in [-0.2, -0.15) is 0 Å². The number of nitrogens with zero attached hydrogens (tertiary/aromatic N) is 1. The van der Waals surface area contributed by atoms with Crippen LogP contribution in [0.4, 0.5) is 5.69 Å². The molecular formula is C24H25N3O4. The number of carbonyl (C=O) groups is 2. The molecule has 0 fully saturated rings. The summed E-state index contributed by atoms with van der Waals surface area (Å²) >= 11 is 0. The highest BCUT2D eigenvalue weighted by Crippen LogP contribution is 2.34. The maximum atomic E-state index is 12.4. The van der Waals surface area contributed by atoms with Crippen molar-refractivity contribution in [3.05, 3.63) is 83.8 Å². The van der Waals surface area contributed by atoms with Gasteiger partial charge in [-0.15, -0.1) is 0 Å². The number of carbonyl (C=O) groups excluding carboxylic acids is 2. The van der Waals surface area contributed by atoms with Crippen LogP contribution in [-0.4, -0.2) is 32.0 Å². The minimum atomic E-state index is -0.671. The molecule has 7 nitrogen and oxygen atoms in total. The van der Waals surface area contributed by atoms with Gasteiger partial charge in [-0.25, -0.2) is 0 Å². The first-order valence-electron chi connectivity index (χ1n) is 10.2.